The number of carbonyl (C=O) groups excluding carboxylic acids is 1. The number of para-hydroxylation sites is 1. The molecule has 82 valence electrons. The van der Waals surface area contributed by atoms with Gasteiger partial charge in [0.2, 0.25) is 0 Å². The lowest BCUT2D eigenvalue weighted by molar-refractivity contribution is 0.0684. The van der Waals surface area contributed by atoms with E-state index in [-0.39, 0.29) is 16.8 Å². The Hall–Kier alpha value is -2.17. The maximum atomic E-state index is 13.5. The Morgan fingerprint density at radius 2 is 2.19 bits per heavy atom. The monoisotopic (exact) mass is 221 g/mol. The molecule has 1 aromatic carbocycles. The van der Waals surface area contributed by atoms with E-state index in [2.05, 4.69) is 0 Å². The van der Waals surface area contributed by atoms with Gasteiger partial charge in [0.25, 0.3) is 0 Å². The summed E-state index contributed by atoms with van der Waals surface area (Å²) in [5.74, 6) is -1.80. The second kappa shape index (κ2) is 3.44. The van der Waals surface area contributed by atoms with Crippen molar-refractivity contribution in [2.75, 3.05) is 0 Å². The number of halogens is 1. The first-order valence-electron chi connectivity index (χ1n) is 4.53. The fourth-order valence-electron chi connectivity index (χ4n) is 1.87. The molecule has 0 spiro atoms. The van der Waals surface area contributed by atoms with Gasteiger partial charge < -0.3 is 9.67 Å². The van der Waals surface area contributed by atoms with E-state index in [1.54, 1.807) is 0 Å². The normalized spacial score (nSPS) is 10.6. The van der Waals surface area contributed by atoms with Gasteiger partial charge in [0.05, 0.1) is 11.1 Å². The number of aldehydes is 1. The molecule has 0 atom stereocenters. The summed E-state index contributed by atoms with van der Waals surface area (Å²) < 4.78 is 14.7. The zero-order chi connectivity index (χ0) is 11.9. The highest BCUT2D eigenvalue weighted by Crippen LogP contribution is 2.26. The zero-order valence-corrected chi connectivity index (χ0v) is 8.40. The van der Waals surface area contributed by atoms with E-state index in [1.807, 2.05) is 0 Å². The van der Waals surface area contributed by atoms with Gasteiger partial charge in [-0.25, -0.2) is 9.18 Å². The van der Waals surface area contributed by atoms with Gasteiger partial charge in [-0.05, 0) is 6.07 Å². The predicted octanol–water partition coefficient (Wildman–Crippen LogP) is 1.83. The van der Waals surface area contributed by atoms with Crippen molar-refractivity contribution in [3.8, 4) is 0 Å². The predicted molar refractivity (Wildman–Crippen MR) is 55.2 cm³/mol. The molecule has 0 aliphatic rings. The van der Waals surface area contributed by atoms with E-state index in [0.29, 0.717) is 11.7 Å². The summed E-state index contributed by atoms with van der Waals surface area (Å²) in [7, 11) is 1.42. The molecule has 0 aliphatic carbocycles. The first-order chi connectivity index (χ1) is 7.57. The SMILES string of the molecule is Cn1c(C(=O)O)c(C=O)c2cccc(F)c21. The van der Waals surface area contributed by atoms with Gasteiger partial charge in [0, 0.05) is 12.4 Å². The van der Waals surface area contributed by atoms with E-state index in [4.69, 9.17) is 5.11 Å². The molecular weight excluding hydrogens is 213 g/mol. The fourth-order valence-corrected chi connectivity index (χ4v) is 1.87. The van der Waals surface area contributed by atoms with Crippen molar-refractivity contribution >= 4 is 23.2 Å². The molecule has 0 saturated carbocycles. The smallest absolute Gasteiger partial charge is 0.353 e. The van der Waals surface area contributed by atoms with Crippen LogP contribution in [0.15, 0.2) is 18.2 Å². The van der Waals surface area contributed by atoms with Gasteiger partial charge in [0.15, 0.2) is 6.29 Å². The number of aromatic nitrogens is 1. The number of hydrogen-bond donors (Lipinski definition) is 1. The standard InChI is InChI=1S/C11H8FNO3/c1-13-9-6(3-2-4-8(9)12)7(5-14)10(13)11(15)16/h2-5H,1H3,(H,15,16). The van der Waals surface area contributed by atoms with E-state index in [9.17, 15) is 14.0 Å². The summed E-state index contributed by atoms with van der Waals surface area (Å²) in [5, 5.41) is 9.28. The third-order valence-corrected chi connectivity index (χ3v) is 2.52. The molecule has 5 heteroatoms. The molecule has 2 aromatic rings. The van der Waals surface area contributed by atoms with Gasteiger partial charge in [-0.2, -0.15) is 0 Å². The van der Waals surface area contributed by atoms with E-state index in [1.165, 1.54) is 29.8 Å². The summed E-state index contributed by atoms with van der Waals surface area (Å²) in [4.78, 5) is 21.9. The second-order valence-corrected chi connectivity index (χ2v) is 3.38. The summed E-state index contributed by atoms with van der Waals surface area (Å²) >= 11 is 0. The molecule has 1 heterocycles. The first-order valence-corrected chi connectivity index (χ1v) is 4.53. The molecule has 2 rings (SSSR count). The number of carboxylic acid groups (broad SMARTS) is 1. The summed E-state index contributed by atoms with van der Waals surface area (Å²) in [6.07, 6.45) is 0.436. The van der Waals surface area contributed by atoms with Crippen LogP contribution >= 0.6 is 0 Å². The van der Waals surface area contributed by atoms with E-state index in [0.717, 1.165) is 0 Å². The molecule has 1 aromatic heterocycles. The van der Waals surface area contributed by atoms with Gasteiger partial charge in [-0.1, -0.05) is 12.1 Å². The average molecular weight is 221 g/mol. The topological polar surface area (TPSA) is 59.3 Å². The van der Waals surface area contributed by atoms with Gasteiger partial charge >= 0.3 is 5.97 Å². The summed E-state index contributed by atoms with van der Waals surface area (Å²) in [5.41, 5.74) is -0.0680. The Morgan fingerprint density at radius 1 is 1.50 bits per heavy atom. The van der Waals surface area contributed by atoms with Crippen molar-refractivity contribution in [1.82, 2.24) is 4.57 Å². The Bertz CT molecular complexity index is 601. The Kier molecular flexibility index (Phi) is 2.23. The van der Waals surface area contributed by atoms with Crippen molar-refractivity contribution < 1.29 is 19.1 Å². The highest BCUT2D eigenvalue weighted by molar-refractivity contribution is 6.08. The van der Waals surface area contributed by atoms with Gasteiger partial charge in [-0.15, -0.1) is 0 Å². The maximum Gasteiger partial charge on any atom is 0.353 e. The highest BCUT2D eigenvalue weighted by Gasteiger charge is 2.21. The van der Waals surface area contributed by atoms with Crippen LogP contribution in [0.3, 0.4) is 0 Å². The number of benzene rings is 1. The summed E-state index contributed by atoms with van der Waals surface area (Å²) in [6.45, 7) is 0. The molecule has 0 amide bonds. The Balaban J connectivity index is 3.02. The Labute approximate surface area is 89.9 Å². The third kappa shape index (κ3) is 1.21. The fraction of sp³-hybridized carbons (Fsp3) is 0.0909. The number of rotatable bonds is 2. The number of nitrogens with zero attached hydrogens (tertiary/aromatic N) is 1. The summed E-state index contributed by atoms with van der Waals surface area (Å²) in [6, 6.07) is 4.19. The van der Waals surface area contributed by atoms with Crippen molar-refractivity contribution in [1.29, 1.82) is 0 Å². The van der Waals surface area contributed by atoms with Crippen LogP contribution in [-0.2, 0) is 7.05 Å². The number of hydrogen-bond acceptors (Lipinski definition) is 2. The van der Waals surface area contributed by atoms with Gasteiger partial charge in [0.1, 0.15) is 11.5 Å². The third-order valence-electron chi connectivity index (χ3n) is 2.52. The quantitative estimate of drug-likeness (QED) is 0.787. The van der Waals surface area contributed by atoms with Crippen molar-refractivity contribution in [2.45, 2.75) is 0 Å². The van der Waals surface area contributed by atoms with Crippen LogP contribution in [0.25, 0.3) is 10.9 Å². The molecule has 0 fully saturated rings. The molecule has 0 aliphatic heterocycles. The van der Waals surface area contributed by atoms with Crippen molar-refractivity contribution in [3.05, 3.63) is 35.3 Å². The molecule has 0 radical (unpaired) electrons. The van der Waals surface area contributed by atoms with E-state index < -0.39 is 11.8 Å². The molecule has 0 bridgehead atoms. The molecule has 1 N–H and O–H groups in total. The minimum absolute atomic E-state index is 0.00417. The number of aromatic carboxylic acids is 1. The number of carbonyl (C=O) groups is 2. The minimum atomic E-state index is -1.25. The van der Waals surface area contributed by atoms with Crippen LogP contribution in [0.1, 0.15) is 20.8 Å². The van der Waals surface area contributed by atoms with Crippen LogP contribution in [-0.4, -0.2) is 21.9 Å². The van der Waals surface area contributed by atoms with Crippen LogP contribution in [0.2, 0.25) is 0 Å². The average Bonchev–Trinajstić information content (AvgIpc) is 2.52. The molecule has 0 unspecified atom stereocenters. The molecular formula is C11H8FNO3. The zero-order valence-electron chi connectivity index (χ0n) is 8.40. The van der Waals surface area contributed by atoms with E-state index >= 15 is 0 Å². The molecule has 16 heavy (non-hydrogen) atoms. The first kappa shape index (κ1) is 10.4. The lowest BCUT2D eigenvalue weighted by Gasteiger charge is -1.99. The van der Waals surface area contributed by atoms with Crippen LogP contribution in [0, 0.1) is 5.82 Å². The van der Waals surface area contributed by atoms with Crippen LogP contribution in [0.4, 0.5) is 4.39 Å². The highest BCUT2D eigenvalue weighted by atomic mass is 19.1. The van der Waals surface area contributed by atoms with Crippen molar-refractivity contribution in [3.63, 3.8) is 0 Å². The lowest BCUT2D eigenvalue weighted by Crippen LogP contribution is -2.07. The van der Waals surface area contributed by atoms with Crippen LogP contribution in [0.5, 0.6) is 0 Å². The minimum Gasteiger partial charge on any atom is -0.477 e. The van der Waals surface area contributed by atoms with Crippen LogP contribution < -0.4 is 0 Å². The lowest BCUT2D eigenvalue weighted by atomic mass is 10.1. The Morgan fingerprint density at radius 3 is 2.75 bits per heavy atom. The number of fused-ring (bicyclic) bond motifs is 1. The second-order valence-electron chi connectivity index (χ2n) is 3.38. The maximum absolute atomic E-state index is 13.5. The van der Waals surface area contributed by atoms with Crippen molar-refractivity contribution in [2.24, 2.45) is 7.05 Å². The number of aryl methyl sites for hydroxylation is 1. The number of carboxylic acids is 1. The van der Waals surface area contributed by atoms with Gasteiger partial charge in [-0.3, -0.25) is 4.79 Å². The largest absolute Gasteiger partial charge is 0.477 e. The molecule has 0 saturated heterocycles. The molecule has 4 nitrogen and oxygen atoms in total.